The van der Waals surface area contributed by atoms with Crippen molar-refractivity contribution in [3.05, 3.63) is 59.2 Å². The summed E-state index contributed by atoms with van der Waals surface area (Å²) in [5.74, 6) is -0.0528. The van der Waals surface area contributed by atoms with Crippen molar-refractivity contribution < 1.29 is 34.1 Å². The van der Waals surface area contributed by atoms with Gasteiger partial charge in [-0.1, -0.05) is 30.3 Å². The second-order valence-corrected chi connectivity index (χ2v) is 12.5. The molecule has 4 unspecified atom stereocenters. The number of rotatable bonds is 11. The Morgan fingerprint density at radius 3 is 2.73 bits per heavy atom. The Kier molecular flexibility index (Phi) is 9.03. The zero-order chi connectivity index (χ0) is 30.8. The lowest BCUT2D eigenvalue weighted by molar-refractivity contribution is -0.121. The molecule has 2 saturated heterocycles. The van der Waals surface area contributed by atoms with Crippen molar-refractivity contribution in [2.75, 3.05) is 37.3 Å². The minimum absolute atomic E-state index is 0.0185. The first-order chi connectivity index (χ1) is 21.3. The number of hydrogen-bond donors (Lipinski definition) is 6. The number of fused-ring (bicyclic) bond motifs is 2. The normalized spacial score (nSPS) is 27.0. The van der Waals surface area contributed by atoms with E-state index in [0.29, 0.717) is 60.8 Å². The minimum atomic E-state index is -1.10. The summed E-state index contributed by atoms with van der Waals surface area (Å²) in [6, 6.07) is 11.4. The number of amides is 3. The summed E-state index contributed by atoms with van der Waals surface area (Å²) >= 11 is 0. The zero-order valence-corrected chi connectivity index (χ0v) is 24.6. The van der Waals surface area contributed by atoms with Crippen LogP contribution in [0.5, 0.6) is 0 Å². The molecular formula is C32H41N5O7. The number of nitrogens with zero attached hydrogens (tertiary/aromatic N) is 1. The summed E-state index contributed by atoms with van der Waals surface area (Å²) < 4.78 is 11.5. The van der Waals surface area contributed by atoms with Crippen LogP contribution in [-0.4, -0.2) is 83.6 Å². The standard InChI is InChI=1S/C32H41N5O7/c33-24-9-19(17-38)8-23-29(24)36-31(41)30(23)37(15-20-11-28(40)34-14-20)16-26(39)25(10-18-4-2-1-3-5-18)35-32(42)44-22-12-21-6-7-43-27(21)13-22/h1-5,8-9,20-22,25-27,30,38-39H,6-7,10-17,33H2,(H,34,40)(H,35,42)(H,36,41)/t20?,21-,22?,25?,26+,27+,30?/m0/s1. The molecule has 3 heterocycles. The third kappa shape index (κ3) is 6.68. The molecule has 2 aromatic rings. The maximum absolute atomic E-state index is 13.4. The van der Waals surface area contributed by atoms with Crippen molar-refractivity contribution >= 4 is 29.3 Å². The van der Waals surface area contributed by atoms with Gasteiger partial charge < -0.3 is 41.4 Å². The van der Waals surface area contributed by atoms with Crippen molar-refractivity contribution in [1.29, 1.82) is 0 Å². The van der Waals surface area contributed by atoms with Crippen molar-refractivity contribution in [1.82, 2.24) is 15.5 Å². The lowest BCUT2D eigenvalue weighted by Gasteiger charge is -2.34. The predicted octanol–water partition coefficient (Wildman–Crippen LogP) is 1.46. The van der Waals surface area contributed by atoms with E-state index in [1.807, 2.05) is 35.2 Å². The number of nitrogens with two attached hydrogens (primary N) is 1. The number of carbonyl (C=O) groups excluding carboxylic acids is 3. The number of ether oxygens (including phenoxy) is 2. The van der Waals surface area contributed by atoms with E-state index in [1.165, 1.54) is 0 Å². The highest BCUT2D eigenvalue weighted by molar-refractivity contribution is 6.05. The molecule has 7 N–H and O–H groups in total. The van der Waals surface area contributed by atoms with Crippen LogP contribution in [0.2, 0.25) is 0 Å². The Morgan fingerprint density at radius 1 is 1.18 bits per heavy atom. The van der Waals surface area contributed by atoms with Crippen LogP contribution in [0, 0.1) is 11.8 Å². The average Bonchev–Trinajstić information content (AvgIpc) is 3.77. The number of nitrogens with one attached hydrogen (secondary N) is 3. The molecule has 1 saturated carbocycles. The monoisotopic (exact) mass is 607 g/mol. The molecule has 0 spiro atoms. The van der Waals surface area contributed by atoms with Crippen LogP contribution >= 0.6 is 0 Å². The summed E-state index contributed by atoms with van der Waals surface area (Å²) in [6.07, 6.45) is 1.23. The number of anilines is 2. The third-order valence-electron chi connectivity index (χ3n) is 9.32. The Morgan fingerprint density at radius 2 is 2.00 bits per heavy atom. The van der Waals surface area contributed by atoms with Crippen LogP contribution in [0.3, 0.4) is 0 Å². The zero-order valence-electron chi connectivity index (χ0n) is 24.6. The Balaban J connectivity index is 1.23. The molecule has 3 fully saturated rings. The molecule has 44 heavy (non-hydrogen) atoms. The molecule has 6 rings (SSSR count). The summed E-state index contributed by atoms with van der Waals surface area (Å²) in [5, 5.41) is 30.2. The smallest absolute Gasteiger partial charge is 0.407 e. The van der Waals surface area contributed by atoms with Crippen molar-refractivity contribution in [2.45, 2.75) is 69.1 Å². The van der Waals surface area contributed by atoms with Crippen molar-refractivity contribution in [3.63, 3.8) is 0 Å². The highest BCUT2D eigenvalue weighted by Crippen LogP contribution is 2.41. The fraction of sp³-hybridized carbons (Fsp3) is 0.531. The van der Waals surface area contributed by atoms with E-state index in [0.717, 1.165) is 25.0 Å². The van der Waals surface area contributed by atoms with Crippen LogP contribution in [-0.2, 0) is 32.1 Å². The van der Waals surface area contributed by atoms with E-state index in [4.69, 9.17) is 15.2 Å². The van der Waals surface area contributed by atoms with Gasteiger partial charge in [0.2, 0.25) is 11.8 Å². The van der Waals surface area contributed by atoms with Crippen molar-refractivity contribution in [2.24, 2.45) is 11.8 Å². The van der Waals surface area contributed by atoms with Crippen LogP contribution in [0.4, 0.5) is 16.2 Å². The molecule has 12 nitrogen and oxygen atoms in total. The summed E-state index contributed by atoms with van der Waals surface area (Å²) in [5.41, 5.74) is 9.13. The van der Waals surface area contributed by atoms with Gasteiger partial charge in [0.05, 0.1) is 36.2 Å². The molecule has 7 atom stereocenters. The SMILES string of the molecule is Nc1cc(CO)cc2c1NC(=O)C2N(CC1CNC(=O)C1)C[C@@H](O)C(Cc1ccccc1)NC(=O)OC1C[C@@H]2CCO[C@@H]2C1. The number of hydrogen-bond acceptors (Lipinski definition) is 9. The van der Waals surface area contributed by atoms with Gasteiger partial charge in [-0.3, -0.25) is 14.5 Å². The summed E-state index contributed by atoms with van der Waals surface area (Å²) in [7, 11) is 0. The van der Waals surface area contributed by atoms with Gasteiger partial charge in [0.1, 0.15) is 12.1 Å². The van der Waals surface area contributed by atoms with Gasteiger partial charge in [0, 0.05) is 44.6 Å². The van der Waals surface area contributed by atoms with E-state index in [2.05, 4.69) is 16.0 Å². The molecule has 12 heteroatoms. The number of alkyl carbamates (subject to hydrolysis) is 1. The molecular weight excluding hydrogens is 566 g/mol. The van der Waals surface area contributed by atoms with Crippen molar-refractivity contribution in [3.8, 4) is 0 Å². The molecule has 236 valence electrons. The predicted molar refractivity (Wildman–Crippen MR) is 161 cm³/mol. The quantitative estimate of drug-likeness (QED) is 0.207. The molecule has 2 aromatic carbocycles. The van der Waals surface area contributed by atoms with Crippen LogP contribution in [0.25, 0.3) is 0 Å². The second-order valence-electron chi connectivity index (χ2n) is 12.5. The molecule has 0 bridgehead atoms. The number of nitrogen functional groups attached to an aromatic ring is 1. The Bertz CT molecular complexity index is 1360. The van der Waals surface area contributed by atoms with E-state index in [9.17, 15) is 24.6 Å². The molecule has 3 amide bonds. The van der Waals surface area contributed by atoms with Gasteiger partial charge in [-0.25, -0.2) is 4.79 Å². The van der Waals surface area contributed by atoms with Gasteiger partial charge in [-0.05, 0) is 54.4 Å². The fourth-order valence-corrected chi connectivity index (χ4v) is 7.18. The van der Waals surface area contributed by atoms with Crippen LogP contribution < -0.4 is 21.7 Å². The maximum atomic E-state index is 13.4. The van der Waals surface area contributed by atoms with Gasteiger partial charge in [0.15, 0.2) is 0 Å². The summed E-state index contributed by atoms with van der Waals surface area (Å²) in [4.78, 5) is 40.5. The molecule has 4 aliphatic rings. The second kappa shape index (κ2) is 13.1. The number of carbonyl (C=O) groups is 3. The molecule has 0 aromatic heterocycles. The first kappa shape index (κ1) is 30.3. The Labute approximate surface area is 256 Å². The largest absolute Gasteiger partial charge is 0.446 e. The summed E-state index contributed by atoms with van der Waals surface area (Å²) in [6.45, 7) is 1.31. The van der Waals surface area contributed by atoms with Gasteiger partial charge >= 0.3 is 6.09 Å². The van der Waals surface area contributed by atoms with E-state index >= 15 is 0 Å². The van der Waals surface area contributed by atoms with Gasteiger partial charge in [0.25, 0.3) is 0 Å². The topological polar surface area (TPSA) is 175 Å². The van der Waals surface area contributed by atoms with Gasteiger partial charge in [-0.2, -0.15) is 0 Å². The van der Waals surface area contributed by atoms with E-state index in [1.54, 1.807) is 12.1 Å². The molecule has 1 aliphatic carbocycles. The highest BCUT2D eigenvalue weighted by Gasteiger charge is 2.42. The average molecular weight is 608 g/mol. The lowest BCUT2D eigenvalue weighted by Crippen LogP contribution is -2.51. The number of benzene rings is 2. The minimum Gasteiger partial charge on any atom is -0.446 e. The number of aliphatic hydroxyl groups is 2. The van der Waals surface area contributed by atoms with E-state index < -0.39 is 24.3 Å². The maximum Gasteiger partial charge on any atom is 0.407 e. The van der Waals surface area contributed by atoms with Crippen LogP contribution in [0.15, 0.2) is 42.5 Å². The molecule has 3 aliphatic heterocycles. The van der Waals surface area contributed by atoms with Gasteiger partial charge in [-0.15, -0.1) is 0 Å². The highest BCUT2D eigenvalue weighted by atomic mass is 16.6. The number of aliphatic hydroxyl groups excluding tert-OH is 2. The first-order valence-corrected chi connectivity index (χ1v) is 15.4. The third-order valence-corrected chi connectivity index (χ3v) is 9.32. The first-order valence-electron chi connectivity index (χ1n) is 15.4. The van der Waals surface area contributed by atoms with Crippen LogP contribution in [0.1, 0.15) is 48.4 Å². The fourth-order valence-electron chi connectivity index (χ4n) is 7.18. The molecule has 0 radical (unpaired) electrons. The Hall–Kier alpha value is -3.71. The van der Waals surface area contributed by atoms with E-state index in [-0.39, 0.29) is 43.1 Å². The lowest BCUT2D eigenvalue weighted by atomic mass is 9.97.